The van der Waals surface area contributed by atoms with Gasteiger partial charge in [-0.2, -0.15) is 15.0 Å². The second-order valence-corrected chi connectivity index (χ2v) is 7.73. The summed E-state index contributed by atoms with van der Waals surface area (Å²) in [5, 5.41) is 0. The molecular weight excluding hydrogens is 336 g/mol. The standard InChI is InChI=1S/C17H28N6O3/c1-17(2,3)14(25)23-8-6-11(7-9-23)13(24)26-10-12-19-15(18)21-16(20-12)22(4)5/h11H,6-10H2,1-5H3,(H2,18,19,20,21). The molecule has 1 fully saturated rings. The van der Waals surface area contributed by atoms with E-state index in [2.05, 4.69) is 15.0 Å². The molecule has 2 N–H and O–H groups in total. The van der Waals surface area contributed by atoms with Crippen LogP contribution in [0.5, 0.6) is 0 Å². The Balaban J connectivity index is 1.87. The Labute approximate surface area is 153 Å². The number of aromatic nitrogens is 3. The number of rotatable bonds is 4. The predicted octanol–water partition coefficient (Wildman–Crippen LogP) is 0.848. The summed E-state index contributed by atoms with van der Waals surface area (Å²) < 4.78 is 5.35. The molecule has 1 aliphatic rings. The van der Waals surface area contributed by atoms with Crippen molar-refractivity contribution in [2.24, 2.45) is 11.3 Å². The largest absolute Gasteiger partial charge is 0.457 e. The maximum absolute atomic E-state index is 12.3. The monoisotopic (exact) mass is 364 g/mol. The van der Waals surface area contributed by atoms with E-state index in [-0.39, 0.29) is 30.3 Å². The van der Waals surface area contributed by atoms with E-state index in [1.807, 2.05) is 25.7 Å². The molecule has 2 rings (SSSR count). The van der Waals surface area contributed by atoms with Gasteiger partial charge in [0.05, 0.1) is 5.92 Å². The van der Waals surface area contributed by atoms with Gasteiger partial charge in [0.1, 0.15) is 0 Å². The van der Waals surface area contributed by atoms with Crippen LogP contribution < -0.4 is 10.6 Å². The zero-order chi connectivity index (χ0) is 19.5. The molecule has 144 valence electrons. The zero-order valence-corrected chi connectivity index (χ0v) is 16.2. The van der Waals surface area contributed by atoms with Crippen molar-refractivity contribution in [3.8, 4) is 0 Å². The minimum atomic E-state index is -0.407. The summed E-state index contributed by atoms with van der Waals surface area (Å²) >= 11 is 0. The molecule has 0 aliphatic carbocycles. The molecule has 0 saturated carbocycles. The van der Waals surface area contributed by atoms with Crippen LogP contribution in [0.1, 0.15) is 39.4 Å². The van der Waals surface area contributed by atoms with Gasteiger partial charge in [0.15, 0.2) is 12.4 Å². The fourth-order valence-corrected chi connectivity index (χ4v) is 2.74. The second-order valence-electron chi connectivity index (χ2n) is 7.73. The molecule has 9 nitrogen and oxygen atoms in total. The Morgan fingerprint density at radius 1 is 1.19 bits per heavy atom. The van der Waals surface area contributed by atoms with Crippen molar-refractivity contribution in [2.75, 3.05) is 37.8 Å². The van der Waals surface area contributed by atoms with Gasteiger partial charge in [0.25, 0.3) is 0 Å². The van der Waals surface area contributed by atoms with Gasteiger partial charge in [-0.05, 0) is 12.8 Å². The van der Waals surface area contributed by atoms with Crippen molar-refractivity contribution in [1.29, 1.82) is 0 Å². The van der Waals surface area contributed by atoms with Gasteiger partial charge in [0, 0.05) is 32.6 Å². The number of nitrogens with zero attached hydrogens (tertiary/aromatic N) is 5. The SMILES string of the molecule is CN(C)c1nc(N)nc(COC(=O)C2CCN(C(=O)C(C)(C)C)CC2)n1. The summed E-state index contributed by atoms with van der Waals surface area (Å²) in [4.78, 5) is 40.3. The number of ether oxygens (including phenoxy) is 1. The molecule has 9 heteroatoms. The maximum atomic E-state index is 12.3. The second kappa shape index (κ2) is 7.84. The Morgan fingerprint density at radius 3 is 2.35 bits per heavy atom. The van der Waals surface area contributed by atoms with Crippen molar-refractivity contribution in [3.63, 3.8) is 0 Å². The summed E-state index contributed by atoms with van der Waals surface area (Å²) in [5.74, 6) is 0.419. The number of anilines is 2. The molecule has 0 radical (unpaired) electrons. The number of hydrogen-bond donors (Lipinski definition) is 1. The Hall–Kier alpha value is -2.45. The van der Waals surface area contributed by atoms with Crippen LogP contribution in [-0.4, -0.2) is 58.9 Å². The summed E-state index contributed by atoms with van der Waals surface area (Å²) in [5.41, 5.74) is 5.25. The van der Waals surface area contributed by atoms with Crippen LogP contribution in [0.15, 0.2) is 0 Å². The quantitative estimate of drug-likeness (QED) is 0.782. The average Bonchev–Trinajstić information content (AvgIpc) is 2.57. The van der Waals surface area contributed by atoms with Crippen LogP contribution in [-0.2, 0) is 20.9 Å². The summed E-state index contributed by atoms with van der Waals surface area (Å²) in [6, 6.07) is 0. The van der Waals surface area contributed by atoms with Gasteiger partial charge in [-0.1, -0.05) is 20.8 Å². The first-order valence-electron chi connectivity index (χ1n) is 8.71. The van der Waals surface area contributed by atoms with E-state index < -0.39 is 5.41 Å². The molecule has 2 heterocycles. The van der Waals surface area contributed by atoms with Crippen LogP contribution in [0.4, 0.5) is 11.9 Å². The van der Waals surface area contributed by atoms with Crippen LogP contribution in [0.25, 0.3) is 0 Å². The number of nitrogens with two attached hydrogens (primary N) is 1. The highest BCUT2D eigenvalue weighted by atomic mass is 16.5. The van der Waals surface area contributed by atoms with E-state index in [4.69, 9.17) is 10.5 Å². The molecule has 0 unspecified atom stereocenters. The van der Waals surface area contributed by atoms with Gasteiger partial charge in [0.2, 0.25) is 17.8 Å². The normalized spacial score (nSPS) is 15.7. The lowest BCUT2D eigenvalue weighted by molar-refractivity contribution is -0.154. The van der Waals surface area contributed by atoms with Gasteiger partial charge < -0.3 is 20.3 Å². The fourth-order valence-electron chi connectivity index (χ4n) is 2.74. The van der Waals surface area contributed by atoms with Crippen LogP contribution >= 0.6 is 0 Å². The highest BCUT2D eigenvalue weighted by Gasteiger charge is 2.33. The van der Waals surface area contributed by atoms with Crippen molar-refractivity contribution in [3.05, 3.63) is 5.82 Å². The Morgan fingerprint density at radius 2 is 1.81 bits per heavy atom. The first kappa shape index (κ1) is 19.9. The lowest BCUT2D eigenvalue weighted by atomic mass is 9.91. The number of amides is 1. The topological polar surface area (TPSA) is 115 Å². The van der Waals surface area contributed by atoms with Crippen molar-refractivity contribution < 1.29 is 14.3 Å². The van der Waals surface area contributed by atoms with Gasteiger partial charge in [-0.15, -0.1) is 0 Å². The van der Waals surface area contributed by atoms with Crippen LogP contribution in [0, 0.1) is 11.3 Å². The molecule has 0 spiro atoms. The number of esters is 1. The molecule has 1 saturated heterocycles. The molecule has 0 atom stereocenters. The first-order valence-corrected chi connectivity index (χ1v) is 8.71. The van der Waals surface area contributed by atoms with Crippen molar-refractivity contribution >= 4 is 23.8 Å². The lowest BCUT2D eigenvalue weighted by Crippen LogP contribution is -2.45. The zero-order valence-electron chi connectivity index (χ0n) is 16.2. The molecule has 26 heavy (non-hydrogen) atoms. The van der Waals surface area contributed by atoms with E-state index in [0.717, 1.165) is 0 Å². The summed E-state index contributed by atoms with van der Waals surface area (Å²) in [7, 11) is 3.58. The Kier molecular flexibility index (Phi) is 5.99. The number of likely N-dealkylation sites (tertiary alicyclic amines) is 1. The van der Waals surface area contributed by atoms with Gasteiger partial charge in [-0.3, -0.25) is 9.59 Å². The number of hydrogen-bond acceptors (Lipinski definition) is 8. The third kappa shape index (κ3) is 5.03. The number of nitrogen functional groups attached to an aromatic ring is 1. The molecule has 0 bridgehead atoms. The van der Waals surface area contributed by atoms with Crippen molar-refractivity contribution in [1.82, 2.24) is 19.9 Å². The third-order valence-electron chi connectivity index (χ3n) is 4.19. The van der Waals surface area contributed by atoms with E-state index >= 15 is 0 Å². The van der Waals surface area contributed by atoms with E-state index in [1.165, 1.54) is 0 Å². The number of carbonyl (C=O) groups excluding carboxylic acids is 2. The highest BCUT2D eigenvalue weighted by molar-refractivity contribution is 5.82. The molecule has 0 aromatic carbocycles. The molecule has 1 aromatic heterocycles. The summed E-state index contributed by atoms with van der Waals surface area (Å²) in [6.07, 6.45) is 1.20. The number of piperidine rings is 1. The Bertz CT molecular complexity index is 663. The van der Waals surface area contributed by atoms with Gasteiger partial charge in [-0.25, -0.2) is 0 Å². The fraction of sp³-hybridized carbons (Fsp3) is 0.706. The van der Waals surface area contributed by atoms with E-state index in [9.17, 15) is 9.59 Å². The molecule has 1 aromatic rings. The molecule has 1 aliphatic heterocycles. The van der Waals surface area contributed by atoms with E-state index in [0.29, 0.717) is 37.7 Å². The van der Waals surface area contributed by atoms with Crippen LogP contribution in [0.2, 0.25) is 0 Å². The van der Waals surface area contributed by atoms with Crippen molar-refractivity contribution in [2.45, 2.75) is 40.2 Å². The minimum Gasteiger partial charge on any atom is -0.457 e. The summed E-state index contributed by atoms with van der Waals surface area (Å²) in [6.45, 7) is 6.79. The first-order chi connectivity index (χ1) is 12.1. The number of carbonyl (C=O) groups is 2. The average molecular weight is 364 g/mol. The smallest absolute Gasteiger partial charge is 0.309 e. The molecular formula is C17H28N6O3. The lowest BCUT2D eigenvalue weighted by Gasteiger charge is -2.34. The highest BCUT2D eigenvalue weighted by Crippen LogP contribution is 2.24. The third-order valence-corrected chi connectivity index (χ3v) is 4.19. The van der Waals surface area contributed by atoms with Gasteiger partial charge >= 0.3 is 5.97 Å². The van der Waals surface area contributed by atoms with Crippen LogP contribution in [0.3, 0.4) is 0 Å². The maximum Gasteiger partial charge on any atom is 0.309 e. The predicted molar refractivity (Wildman–Crippen MR) is 97.1 cm³/mol. The van der Waals surface area contributed by atoms with E-state index in [1.54, 1.807) is 19.0 Å². The minimum absolute atomic E-state index is 0.0481. The molecule has 1 amide bonds.